The Hall–Kier alpha value is -2.31. The molecule has 7 heteroatoms. The fourth-order valence-electron chi connectivity index (χ4n) is 2.63. The lowest BCUT2D eigenvalue weighted by Gasteiger charge is -2.31. The summed E-state index contributed by atoms with van der Waals surface area (Å²) < 4.78 is 5.04. The van der Waals surface area contributed by atoms with Crippen molar-refractivity contribution in [1.29, 1.82) is 0 Å². The van der Waals surface area contributed by atoms with Crippen LogP contribution in [-0.2, 0) is 4.79 Å². The lowest BCUT2D eigenvalue weighted by atomic mass is 9.97. The highest BCUT2D eigenvalue weighted by Gasteiger charge is 2.30. The second-order valence-electron chi connectivity index (χ2n) is 5.70. The number of aromatic carboxylic acids is 1. The van der Waals surface area contributed by atoms with Crippen LogP contribution in [-0.4, -0.2) is 47.4 Å². The van der Waals surface area contributed by atoms with E-state index in [2.05, 4.69) is 12.2 Å². The number of unbranched alkanes of at least 4 members (excludes halogenated alkanes) is 1. The van der Waals surface area contributed by atoms with Gasteiger partial charge in [0.05, 0.1) is 5.92 Å². The van der Waals surface area contributed by atoms with Gasteiger partial charge in [-0.2, -0.15) is 0 Å². The van der Waals surface area contributed by atoms with Crippen LogP contribution in [0.3, 0.4) is 0 Å². The van der Waals surface area contributed by atoms with Gasteiger partial charge in [0.1, 0.15) is 0 Å². The van der Waals surface area contributed by atoms with E-state index in [9.17, 15) is 14.4 Å². The first-order valence-electron chi connectivity index (χ1n) is 7.93. The Morgan fingerprint density at radius 2 is 2.09 bits per heavy atom. The van der Waals surface area contributed by atoms with E-state index >= 15 is 0 Å². The first kappa shape index (κ1) is 17.1. The van der Waals surface area contributed by atoms with Gasteiger partial charge in [0.2, 0.25) is 11.7 Å². The van der Waals surface area contributed by atoms with Gasteiger partial charge in [0.15, 0.2) is 5.76 Å². The maximum absolute atomic E-state index is 12.4. The first-order valence-corrected chi connectivity index (χ1v) is 7.93. The van der Waals surface area contributed by atoms with Crippen molar-refractivity contribution >= 4 is 17.8 Å². The molecule has 2 heterocycles. The van der Waals surface area contributed by atoms with Crippen LogP contribution in [0.2, 0.25) is 0 Å². The number of carbonyl (C=O) groups is 3. The van der Waals surface area contributed by atoms with E-state index in [0.717, 1.165) is 25.7 Å². The normalized spacial score (nSPS) is 17.8. The van der Waals surface area contributed by atoms with Gasteiger partial charge in [0.25, 0.3) is 5.91 Å². The maximum Gasteiger partial charge on any atom is 0.371 e. The van der Waals surface area contributed by atoms with E-state index in [4.69, 9.17) is 9.52 Å². The summed E-state index contributed by atoms with van der Waals surface area (Å²) in [6.45, 7) is 3.59. The summed E-state index contributed by atoms with van der Waals surface area (Å²) in [6.07, 6.45) is 3.44. The van der Waals surface area contributed by atoms with Crippen LogP contribution < -0.4 is 5.32 Å². The number of carboxylic acid groups (broad SMARTS) is 1. The number of amides is 2. The molecule has 0 saturated carbocycles. The molecule has 1 unspecified atom stereocenters. The van der Waals surface area contributed by atoms with E-state index in [1.165, 1.54) is 12.1 Å². The molecule has 1 fully saturated rings. The molecule has 126 valence electrons. The van der Waals surface area contributed by atoms with E-state index in [-0.39, 0.29) is 29.3 Å². The van der Waals surface area contributed by atoms with Crippen LogP contribution in [0.1, 0.15) is 53.7 Å². The van der Waals surface area contributed by atoms with Crippen LogP contribution in [0.4, 0.5) is 0 Å². The average molecular weight is 322 g/mol. The Labute approximate surface area is 134 Å². The van der Waals surface area contributed by atoms with Gasteiger partial charge in [-0.1, -0.05) is 13.3 Å². The molecule has 2 amide bonds. The monoisotopic (exact) mass is 322 g/mol. The molecule has 2 rings (SSSR count). The number of rotatable bonds is 6. The zero-order valence-corrected chi connectivity index (χ0v) is 13.2. The number of carbonyl (C=O) groups excluding carboxylic acids is 2. The summed E-state index contributed by atoms with van der Waals surface area (Å²) >= 11 is 0. The highest BCUT2D eigenvalue weighted by atomic mass is 16.4. The lowest BCUT2D eigenvalue weighted by molar-refractivity contribution is -0.126. The molecule has 0 radical (unpaired) electrons. The first-order chi connectivity index (χ1) is 11.0. The number of nitrogens with one attached hydrogen (secondary N) is 1. The quantitative estimate of drug-likeness (QED) is 0.777. The van der Waals surface area contributed by atoms with Crippen molar-refractivity contribution < 1.29 is 23.9 Å². The highest BCUT2D eigenvalue weighted by molar-refractivity contribution is 5.94. The molecule has 1 aromatic heterocycles. The van der Waals surface area contributed by atoms with Gasteiger partial charge in [-0.05, 0) is 31.4 Å². The fraction of sp³-hybridized carbons (Fsp3) is 0.562. The van der Waals surface area contributed by atoms with Crippen molar-refractivity contribution in [3.63, 3.8) is 0 Å². The van der Waals surface area contributed by atoms with E-state index in [0.29, 0.717) is 19.6 Å². The van der Waals surface area contributed by atoms with Crippen LogP contribution in [0.5, 0.6) is 0 Å². The Morgan fingerprint density at radius 3 is 2.74 bits per heavy atom. The van der Waals surface area contributed by atoms with Crippen molar-refractivity contribution in [3.8, 4) is 0 Å². The number of likely N-dealkylation sites (tertiary alicyclic amines) is 1. The maximum atomic E-state index is 12.4. The molecule has 1 saturated heterocycles. The van der Waals surface area contributed by atoms with E-state index in [1.807, 2.05) is 0 Å². The van der Waals surface area contributed by atoms with Crippen LogP contribution >= 0.6 is 0 Å². The largest absolute Gasteiger partial charge is 0.475 e. The molecule has 0 aromatic carbocycles. The zero-order valence-electron chi connectivity index (χ0n) is 13.2. The molecule has 1 aliphatic rings. The highest BCUT2D eigenvalue weighted by Crippen LogP contribution is 2.20. The van der Waals surface area contributed by atoms with E-state index < -0.39 is 5.97 Å². The second kappa shape index (κ2) is 7.80. The Morgan fingerprint density at radius 1 is 1.35 bits per heavy atom. The minimum Gasteiger partial charge on any atom is -0.475 e. The fourth-order valence-corrected chi connectivity index (χ4v) is 2.63. The van der Waals surface area contributed by atoms with Gasteiger partial charge in [0, 0.05) is 19.6 Å². The number of nitrogens with zero attached hydrogens (tertiary/aromatic N) is 1. The second-order valence-corrected chi connectivity index (χ2v) is 5.70. The summed E-state index contributed by atoms with van der Waals surface area (Å²) in [5.41, 5.74) is 0. The summed E-state index contributed by atoms with van der Waals surface area (Å²) in [4.78, 5) is 36.9. The third-order valence-corrected chi connectivity index (χ3v) is 3.94. The minimum atomic E-state index is -1.21. The molecule has 23 heavy (non-hydrogen) atoms. The molecular formula is C16H22N2O5. The van der Waals surface area contributed by atoms with Crippen molar-refractivity contribution in [2.75, 3.05) is 19.6 Å². The Kier molecular flexibility index (Phi) is 5.78. The molecular weight excluding hydrogens is 300 g/mol. The minimum absolute atomic E-state index is 0.00515. The number of furan rings is 1. The number of carboxylic acids is 1. The summed E-state index contributed by atoms with van der Waals surface area (Å²) in [7, 11) is 0. The van der Waals surface area contributed by atoms with Gasteiger partial charge in [-0.3, -0.25) is 9.59 Å². The number of hydrogen-bond acceptors (Lipinski definition) is 4. The molecule has 0 spiro atoms. The predicted octanol–water partition coefficient (Wildman–Crippen LogP) is 1.75. The standard InChI is InChI=1S/C16H22N2O5/c1-2-3-8-17-14(19)11-5-4-9-18(10-11)15(20)12-6-7-13(23-12)16(21)22/h6-7,11H,2-5,8-10H2,1H3,(H,17,19)(H,21,22). The van der Waals surface area contributed by atoms with Gasteiger partial charge in [-0.15, -0.1) is 0 Å². The van der Waals surface area contributed by atoms with Gasteiger partial charge in [-0.25, -0.2) is 4.79 Å². The smallest absolute Gasteiger partial charge is 0.371 e. The summed E-state index contributed by atoms with van der Waals surface area (Å²) in [5.74, 6) is -2.10. The van der Waals surface area contributed by atoms with Crippen LogP contribution in [0, 0.1) is 5.92 Å². The molecule has 2 N–H and O–H groups in total. The summed E-state index contributed by atoms with van der Waals surface area (Å²) in [6, 6.07) is 2.62. The Bertz CT molecular complexity index is 581. The molecule has 0 bridgehead atoms. The molecule has 1 atom stereocenters. The lowest BCUT2D eigenvalue weighted by Crippen LogP contribution is -2.45. The zero-order chi connectivity index (χ0) is 16.8. The van der Waals surface area contributed by atoms with Crippen molar-refractivity contribution in [2.45, 2.75) is 32.6 Å². The predicted molar refractivity (Wildman–Crippen MR) is 82.2 cm³/mol. The van der Waals surface area contributed by atoms with Gasteiger partial charge < -0.3 is 19.7 Å². The SMILES string of the molecule is CCCCNC(=O)C1CCCN(C(=O)c2ccc(C(=O)O)o2)C1. The van der Waals surface area contributed by atoms with E-state index in [1.54, 1.807) is 4.90 Å². The third-order valence-electron chi connectivity index (χ3n) is 3.94. The summed E-state index contributed by atoms with van der Waals surface area (Å²) in [5, 5.41) is 11.7. The van der Waals surface area contributed by atoms with Crippen LogP contribution in [0.25, 0.3) is 0 Å². The Balaban J connectivity index is 1.95. The molecule has 7 nitrogen and oxygen atoms in total. The van der Waals surface area contributed by atoms with Crippen molar-refractivity contribution in [1.82, 2.24) is 10.2 Å². The van der Waals surface area contributed by atoms with Crippen molar-refractivity contribution in [2.24, 2.45) is 5.92 Å². The van der Waals surface area contributed by atoms with Crippen LogP contribution in [0.15, 0.2) is 16.5 Å². The molecule has 0 aliphatic carbocycles. The molecule has 1 aliphatic heterocycles. The molecule has 1 aromatic rings. The number of hydrogen-bond donors (Lipinski definition) is 2. The average Bonchev–Trinajstić information content (AvgIpc) is 3.04. The van der Waals surface area contributed by atoms with Gasteiger partial charge >= 0.3 is 5.97 Å². The van der Waals surface area contributed by atoms with Crippen molar-refractivity contribution in [3.05, 3.63) is 23.7 Å². The third kappa shape index (κ3) is 4.34. The number of piperidine rings is 1. The topological polar surface area (TPSA) is 99.9 Å².